The van der Waals surface area contributed by atoms with Gasteiger partial charge in [0.25, 0.3) is 11.8 Å². The Hall–Kier alpha value is -3.17. The van der Waals surface area contributed by atoms with Gasteiger partial charge in [-0.2, -0.15) is 0 Å². The molecule has 0 saturated carbocycles. The van der Waals surface area contributed by atoms with Gasteiger partial charge in [0, 0.05) is 24.4 Å². The summed E-state index contributed by atoms with van der Waals surface area (Å²) in [5.41, 5.74) is 11.5. The first kappa shape index (κ1) is 22.1. The van der Waals surface area contributed by atoms with E-state index >= 15 is 0 Å². The number of hydrogen-bond donors (Lipinski definition) is 3. The summed E-state index contributed by atoms with van der Waals surface area (Å²) in [7, 11) is 1.22. The molecule has 0 aliphatic heterocycles. The van der Waals surface area contributed by atoms with Crippen molar-refractivity contribution in [2.24, 2.45) is 11.5 Å². The zero-order valence-corrected chi connectivity index (χ0v) is 16.3. The molecule has 154 valence electrons. The summed E-state index contributed by atoms with van der Waals surface area (Å²) < 4.78 is 25.7. The molecule has 8 nitrogen and oxygen atoms in total. The van der Waals surface area contributed by atoms with Gasteiger partial charge in [0.1, 0.15) is 17.4 Å². The van der Waals surface area contributed by atoms with E-state index in [1.807, 2.05) is 0 Å². The molecule has 1 atom stereocenters. The van der Waals surface area contributed by atoms with Crippen LogP contribution in [0.4, 0.5) is 4.39 Å². The fourth-order valence-corrected chi connectivity index (χ4v) is 2.77. The van der Waals surface area contributed by atoms with Crippen molar-refractivity contribution in [3.63, 3.8) is 0 Å². The molecule has 0 spiro atoms. The first-order valence-electron chi connectivity index (χ1n) is 8.37. The van der Waals surface area contributed by atoms with Crippen LogP contribution in [-0.2, 0) is 20.9 Å². The van der Waals surface area contributed by atoms with E-state index in [2.05, 4.69) is 0 Å². The average Bonchev–Trinajstić information content (AvgIpc) is 2.68. The van der Waals surface area contributed by atoms with Gasteiger partial charge < -0.3 is 20.9 Å². The van der Waals surface area contributed by atoms with Crippen LogP contribution in [0.3, 0.4) is 0 Å². The van der Waals surface area contributed by atoms with Crippen molar-refractivity contribution < 1.29 is 23.5 Å². The molecule has 0 aliphatic carbocycles. The summed E-state index contributed by atoms with van der Waals surface area (Å²) in [6.07, 6.45) is -1.41. The number of rotatable bonds is 9. The second-order valence-corrected chi connectivity index (χ2v) is 6.40. The van der Waals surface area contributed by atoms with Crippen molar-refractivity contribution in [1.29, 1.82) is 5.41 Å². The first-order chi connectivity index (χ1) is 13.7. The van der Waals surface area contributed by atoms with Gasteiger partial charge >= 0.3 is 0 Å². The number of nitrogens with one attached hydrogen (secondary N) is 1. The summed E-state index contributed by atoms with van der Waals surface area (Å²) >= 11 is 6.12. The maximum absolute atomic E-state index is 14.5. The smallest absolute Gasteiger partial charge is 0.271 e. The van der Waals surface area contributed by atoms with Crippen LogP contribution in [-0.4, -0.2) is 35.8 Å². The van der Waals surface area contributed by atoms with Gasteiger partial charge in [-0.15, -0.1) is 0 Å². The zero-order valence-electron chi connectivity index (χ0n) is 15.5. The SMILES string of the molecule is COC(C(=O)N(Cl)Cc1ccc(C(=N)N)cc1)c1c(F)cccc1OCC(N)=O. The molecule has 0 fully saturated rings. The Morgan fingerprint density at radius 1 is 1.21 bits per heavy atom. The van der Waals surface area contributed by atoms with Crippen molar-refractivity contribution in [2.75, 3.05) is 13.7 Å². The third-order valence-corrected chi connectivity index (χ3v) is 4.22. The highest BCUT2D eigenvalue weighted by Gasteiger charge is 2.31. The standard InChI is InChI=1S/C19H20ClFN4O4/c1-28-17(16-13(21)3-2-4-14(16)29-10-15(22)26)19(27)25(20)9-11-5-7-12(8-6-11)18(23)24/h2-8,17H,9-10H2,1H3,(H2,22,26)(H3,23,24). The molecule has 2 rings (SSSR count). The average molecular weight is 423 g/mol. The van der Waals surface area contributed by atoms with Crippen molar-refractivity contribution in [3.05, 3.63) is 65.0 Å². The Labute approximate surface area is 171 Å². The van der Waals surface area contributed by atoms with E-state index in [1.165, 1.54) is 19.2 Å². The Balaban J connectivity index is 2.23. The van der Waals surface area contributed by atoms with Gasteiger partial charge in [-0.3, -0.25) is 15.0 Å². The number of benzene rings is 2. The number of ether oxygens (including phenoxy) is 2. The van der Waals surface area contributed by atoms with E-state index in [9.17, 15) is 14.0 Å². The van der Waals surface area contributed by atoms with Crippen LogP contribution in [0.25, 0.3) is 0 Å². The van der Waals surface area contributed by atoms with E-state index in [-0.39, 0.29) is 23.7 Å². The topological polar surface area (TPSA) is 132 Å². The molecule has 0 saturated heterocycles. The number of carbonyl (C=O) groups is 2. The number of methoxy groups -OCH3 is 1. The van der Waals surface area contributed by atoms with Crippen molar-refractivity contribution >= 4 is 29.4 Å². The Morgan fingerprint density at radius 3 is 2.41 bits per heavy atom. The molecule has 0 aromatic heterocycles. The molecular weight excluding hydrogens is 403 g/mol. The van der Waals surface area contributed by atoms with Gasteiger partial charge in [-0.25, -0.2) is 8.81 Å². The van der Waals surface area contributed by atoms with E-state index in [4.69, 9.17) is 38.1 Å². The summed E-state index contributed by atoms with van der Waals surface area (Å²) in [4.78, 5) is 23.8. The number of nitrogen functional groups attached to an aromatic ring is 1. The number of nitrogens with two attached hydrogens (primary N) is 2. The number of amides is 2. The minimum absolute atomic E-state index is 0.00956. The summed E-state index contributed by atoms with van der Waals surface area (Å²) in [6.45, 7) is -0.501. The quantitative estimate of drug-likeness (QED) is 0.322. The molecule has 2 aromatic rings. The molecular formula is C19H20ClFN4O4. The van der Waals surface area contributed by atoms with Crippen LogP contribution < -0.4 is 16.2 Å². The lowest BCUT2D eigenvalue weighted by Gasteiger charge is -2.23. The molecule has 0 aliphatic rings. The Bertz CT molecular complexity index is 908. The molecule has 0 radical (unpaired) electrons. The predicted octanol–water partition coefficient (Wildman–Crippen LogP) is 1.84. The number of nitrogens with zero attached hydrogens (tertiary/aromatic N) is 1. The second kappa shape index (κ2) is 9.85. The van der Waals surface area contributed by atoms with Crippen molar-refractivity contribution in [2.45, 2.75) is 12.6 Å². The van der Waals surface area contributed by atoms with Crippen LogP contribution in [0.1, 0.15) is 22.8 Å². The molecule has 0 heterocycles. The predicted molar refractivity (Wildman–Crippen MR) is 105 cm³/mol. The number of primary amides is 1. The van der Waals surface area contributed by atoms with Crippen LogP contribution >= 0.6 is 11.8 Å². The molecule has 2 aromatic carbocycles. The minimum atomic E-state index is -1.41. The van der Waals surface area contributed by atoms with Crippen molar-refractivity contribution in [1.82, 2.24) is 4.42 Å². The van der Waals surface area contributed by atoms with Crippen molar-refractivity contribution in [3.8, 4) is 5.75 Å². The molecule has 10 heteroatoms. The number of halogens is 2. The van der Waals surface area contributed by atoms with E-state index in [0.29, 0.717) is 11.1 Å². The summed E-state index contributed by atoms with van der Waals surface area (Å²) in [6, 6.07) is 10.4. The lowest BCUT2D eigenvalue weighted by Crippen LogP contribution is -2.30. The number of amidine groups is 1. The lowest BCUT2D eigenvalue weighted by molar-refractivity contribution is -0.138. The Kier molecular flexibility index (Phi) is 7.52. The summed E-state index contributed by atoms with van der Waals surface area (Å²) in [5.74, 6) is -2.40. The van der Waals surface area contributed by atoms with Gasteiger partial charge in [-0.1, -0.05) is 30.3 Å². The highest BCUT2D eigenvalue weighted by Crippen LogP contribution is 2.32. The first-order valence-corrected chi connectivity index (χ1v) is 8.71. The molecule has 0 bridgehead atoms. The third kappa shape index (κ3) is 5.66. The molecule has 2 amide bonds. The second-order valence-electron chi connectivity index (χ2n) is 5.99. The highest BCUT2D eigenvalue weighted by atomic mass is 35.5. The maximum atomic E-state index is 14.5. The van der Waals surface area contributed by atoms with E-state index < -0.39 is 30.3 Å². The van der Waals surface area contributed by atoms with Gasteiger partial charge in [0.2, 0.25) is 0 Å². The van der Waals surface area contributed by atoms with Gasteiger partial charge in [-0.05, 0) is 17.7 Å². The zero-order chi connectivity index (χ0) is 21.6. The number of carbonyl (C=O) groups excluding carboxylic acids is 2. The fraction of sp³-hybridized carbons (Fsp3) is 0.211. The third-order valence-electron chi connectivity index (χ3n) is 3.93. The van der Waals surface area contributed by atoms with Crippen LogP contribution in [0.15, 0.2) is 42.5 Å². The highest BCUT2D eigenvalue weighted by molar-refractivity contribution is 6.21. The Morgan fingerprint density at radius 2 is 1.86 bits per heavy atom. The van der Waals surface area contributed by atoms with Gasteiger partial charge in [0.15, 0.2) is 12.7 Å². The molecule has 1 unspecified atom stereocenters. The molecule has 5 N–H and O–H groups in total. The fourth-order valence-electron chi connectivity index (χ4n) is 2.54. The van der Waals surface area contributed by atoms with E-state index in [0.717, 1.165) is 10.5 Å². The maximum Gasteiger partial charge on any atom is 0.271 e. The monoisotopic (exact) mass is 422 g/mol. The minimum Gasteiger partial charge on any atom is -0.483 e. The lowest BCUT2D eigenvalue weighted by atomic mass is 10.1. The van der Waals surface area contributed by atoms with Gasteiger partial charge in [0.05, 0.1) is 12.1 Å². The van der Waals surface area contributed by atoms with E-state index in [1.54, 1.807) is 24.3 Å². The normalized spacial score (nSPS) is 11.6. The van der Waals surface area contributed by atoms with Crippen LogP contribution in [0, 0.1) is 11.2 Å². The number of hydrogen-bond acceptors (Lipinski definition) is 5. The molecule has 29 heavy (non-hydrogen) atoms. The van der Waals surface area contributed by atoms with Crippen LogP contribution in [0.5, 0.6) is 5.75 Å². The summed E-state index contributed by atoms with van der Waals surface area (Å²) in [5, 5.41) is 7.39. The van der Waals surface area contributed by atoms with Crippen LogP contribution in [0.2, 0.25) is 0 Å². The largest absolute Gasteiger partial charge is 0.483 e.